The van der Waals surface area contributed by atoms with Gasteiger partial charge in [-0.3, -0.25) is 14.9 Å². The van der Waals surface area contributed by atoms with Gasteiger partial charge < -0.3 is 19.8 Å². The number of methoxy groups -OCH3 is 1. The monoisotopic (exact) mass is 924 g/mol. The van der Waals surface area contributed by atoms with Crippen LogP contribution in [0.2, 0.25) is 5.04 Å². The predicted molar refractivity (Wildman–Crippen MR) is 255 cm³/mol. The van der Waals surface area contributed by atoms with Gasteiger partial charge in [-0.1, -0.05) is 156 Å². The van der Waals surface area contributed by atoms with Crippen LogP contribution in [0.3, 0.4) is 0 Å². The van der Waals surface area contributed by atoms with E-state index in [2.05, 4.69) is 31.4 Å². The van der Waals surface area contributed by atoms with Crippen LogP contribution in [0.15, 0.2) is 150 Å². The van der Waals surface area contributed by atoms with Gasteiger partial charge in [-0.25, -0.2) is 17.6 Å². The number of nitro groups is 1. The van der Waals surface area contributed by atoms with Crippen LogP contribution >= 0.6 is 0 Å². The number of hydrogen-bond donors (Lipinski definition) is 2. The third-order valence-electron chi connectivity index (χ3n) is 11.6. The number of nitro benzene ring substituents is 1. The van der Waals surface area contributed by atoms with E-state index in [9.17, 15) is 28.1 Å². The third kappa shape index (κ3) is 12.7. The molecule has 5 aromatic rings. The zero-order valence-electron chi connectivity index (χ0n) is 37.9. The summed E-state index contributed by atoms with van der Waals surface area (Å²) in [5.74, 6) is -1.20. The number of amides is 2. The average molecular weight is 925 g/mol. The number of carbonyl (C=O) groups is 2. The first-order valence-corrected chi connectivity index (χ1v) is 25.2. The molecule has 3 atom stereocenters. The molecule has 5 aromatic carbocycles. The van der Waals surface area contributed by atoms with Crippen LogP contribution in [0.25, 0.3) is 0 Å². The Morgan fingerprint density at radius 1 is 0.769 bits per heavy atom. The molecule has 1 unspecified atom stereocenters. The van der Waals surface area contributed by atoms with Gasteiger partial charge in [-0.05, 0) is 63.9 Å². The van der Waals surface area contributed by atoms with Gasteiger partial charge in [0.05, 0.1) is 23.5 Å². The van der Waals surface area contributed by atoms with Crippen LogP contribution in [0.4, 0.5) is 14.9 Å². The van der Waals surface area contributed by atoms with Crippen molar-refractivity contribution in [3.05, 3.63) is 167 Å². The summed E-state index contributed by atoms with van der Waals surface area (Å²) in [6.07, 6.45) is -2.18. The van der Waals surface area contributed by atoms with Crippen molar-refractivity contribution in [1.82, 2.24) is 14.9 Å². The molecule has 5 rings (SSSR count). The molecule has 65 heavy (non-hydrogen) atoms. The predicted octanol–water partition coefficient (Wildman–Crippen LogP) is 8.37. The lowest BCUT2D eigenvalue weighted by Crippen LogP contribution is -2.67. The zero-order chi connectivity index (χ0) is 47.2. The first-order valence-electron chi connectivity index (χ1n) is 21.9. The first-order chi connectivity index (χ1) is 31.0. The number of alkyl carbamates (subject to hydrolysis) is 1. The summed E-state index contributed by atoms with van der Waals surface area (Å²) in [5.41, 5.74) is 1.23. The minimum absolute atomic E-state index is 0.0000405. The summed E-state index contributed by atoms with van der Waals surface area (Å²) in [4.78, 5) is 37.6. The van der Waals surface area contributed by atoms with E-state index in [1.165, 1.54) is 23.5 Å². The molecule has 346 valence electrons. The fourth-order valence-electron chi connectivity index (χ4n) is 8.23. The molecule has 0 fully saturated rings. The number of rotatable bonds is 22. The largest absolute Gasteiger partial charge is 0.453 e. The van der Waals surface area contributed by atoms with E-state index >= 15 is 4.39 Å². The van der Waals surface area contributed by atoms with E-state index in [0.717, 1.165) is 33.6 Å². The third-order valence-corrected chi connectivity index (χ3v) is 18.6. The lowest BCUT2D eigenvalue weighted by molar-refractivity contribution is -0.384. The molecule has 0 aliphatic heterocycles. The van der Waals surface area contributed by atoms with Crippen LogP contribution in [0.5, 0.6) is 0 Å². The Balaban J connectivity index is 1.50. The first kappa shape index (κ1) is 50.3. The lowest BCUT2D eigenvalue weighted by Gasteiger charge is -2.44. The fourth-order valence-corrected chi connectivity index (χ4v) is 14.5. The molecule has 0 aliphatic rings. The highest BCUT2D eigenvalue weighted by atomic mass is 32.2. The van der Waals surface area contributed by atoms with Crippen molar-refractivity contribution in [1.29, 1.82) is 0 Å². The van der Waals surface area contributed by atoms with E-state index in [1.54, 1.807) is 0 Å². The number of hydrogen-bond acceptors (Lipinski definition) is 8. The van der Waals surface area contributed by atoms with Crippen molar-refractivity contribution in [2.45, 2.75) is 88.0 Å². The number of halogens is 1. The maximum atomic E-state index is 16.5. The number of ether oxygens (including phenoxy) is 1. The lowest BCUT2D eigenvalue weighted by atomic mass is 9.84. The summed E-state index contributed by atoms with van der Waals surface area (Å²) in [6, 6.07) is 40.9. The summed E-state index contributed by atoms with van der Waals surface area (Å²) in [6.45, 7) is 9.83. The van der Waals surface area contributed by atoms with Crippen LogP contribution in [-0.4, -0.2) is 83.0 Å². The molecule has 0 aromatic heterocycles. The van der Waals surface area contributed by atoms with Gasteiger partial charge in [0.1, 0.15) is 12.2 Å². The SMILES string of the molecule is COC(=O)N[C@H](C(=O)NCC(F)CC[C@@H](CO[Si](c1ccccc1)(c1ccccc1)C(C)(C)C)N(CCC(C)C)S(=O)(=O)c1ccc([N+](=O)[O-])cc1)C(c1ccccc1)c1ccccc1. The van der Waals surface area contributed by atoms with E-state index in [-0.39, 0.29) is 42.5 Å². The Kier molecular flexibility index (Phi) is 17.7. The molecule has 0 saturated heterocycles. The van der Waals surface area contributed by atoms with Crippen LogP contribution in [-0.2, 0) is 24.0 Å². The van der Waals surface area contributed by atoms with Gasteiger partial charge >= 0.3 is 6.09 Å². The number of carbonyl (C=O) groups excluding carboxylic acids is 2. The van der Waals surface area contributed by atoms with Crippen LogP contribution in [0.1, 0.15) is 70.9 Å². The summed E-state index contributed by atoms with van der Waals surface area (Å²) in [5, 5.41) is 18.4. The van der Waals surface area contributed by atoms with Crippen LogP contribution in [0, 0.1) is 16.0 Å². The minimum atomic E-state index is -4.33. The zero-order valence-corrected chi connectivity index (χ0v) is 39.7. The smallest absolute Gasteiger partial charge is 0.407 e. The Morgan fingerprint density at radius 2 is 1.26 bits per heavy atom. The highest BCUT2D eigenvalue weighted by Crippen LogP contribution is 2.38. The average Bonchev–Trinajstić information content (AvgIpc) is 3.30. The van der Waals surface area contributed by atoms with Crippen molar-refractivity contribution in [3.63, 3.8) is 0 Å². The molecule has 0 bridgehead atoms. The van der Waals surface area contributed by atoms with Crippen LogP contribution < -0.4 is 21.0 Å². The van der Waals surface area contributed by atoms with E-state index in [0.29, 0.717) is 6.42 Å². The topological polar surface area (TPSA) is 157 Å². The van der Waals surface area contributed by atoms with Gasteiger partial charge in [0.25, 0.3) is 14.0 Å². The van der Waals surface area contributed by atoms with Gasteiger partial charge in [0.15, 0.2) is 0 Å². The molecule has 0 heterocycles. The molecule has 12 nitrogen and oxygen atoms in total. The van der Waals surface area contributed by atoms with Gasteiger partial charge in [0.2, 0.25) is 15.9 Å². The van der Waals surface area contributed by atoms with Crippen molar-refractivity contribution in [3.8, 4) is 0 Å². The van der Waals surface area contributed by atoms with Crippen molar-refractivity contribution < 1.29 is 36.5 Å². The second kappa shape index (κ2) is 22.9. The fraction of sp³-hybridized carbons (Fsp3) is 0.360. The second-order valence-corrected chi connectivity index (χ2v) is 23.7. The number of sulfonamides is 1. The highest BCUT2D eigenvalue weighted by molar-refractivity contribution is 7.89. The van der Waals surface area contributed by atoms with E-state index in [4.69, 9.17) is 9.16 Å². The molecule has 0 saturated carbocycles. The molecule has 2 N–H and O–H groups in total. The maximum Gasteiger partial charge on any atom is 0.407 e. The Bertz CT molecular complexity index is 2310. The van der Waals surface area contributed by atoms with E-state index in [1.807, 2.05) is 135 Å². The molecule has 0 aliphatic carbocycles. The molecular weight excluding hydrogens is 864 g/mol. The van der Waals surface area contributed by atoms with Crippen molar-refractivity contribution in [2.24, 2.45) is 5.92 Å². The molecule has 15 heteroatoms. The Hall–Kier alpha value is -5.74. The number of non-ortho nitro benzene ring substituents is 1. The minimum Gasteiger partial charge on any atom is -0.453 e. The number of nitrogens with one attached hydrogen (secondary N) is 2. The normalized spacial score (nSPS) is 13.6. The number of nitrogens with zero attached hydrogens (tertiary/aromatic N) is 2. The second-order valence-electron chi connectivity index (χ2n) is 17.5. The Labute approximate surface area is 383 Å². The quantitative estimate of drug-likeness (QED) is 0.0399. The molecule has 0 spiro atoms. The van der Waals surface area contributed by atoms with Gasteiger partial charge in [0, 0.05) is 37.2 Å². The maximum absolute atomic E-state index is 16.5. The van der Waals surface area contributed by atoms with Gasteiger partial charge in [-0.15, -0.1) is 0 Å². The van der Waals surface area contributed by atoms with Crippen molar-refractivity contribution >= 4 is 46.4 Å². The summed E-state index contributed by atoms with van der Waals surface area (Å²) >= 11 is 0. The van der Waals surface area contributed by atoms with Gasteiger partial charge in [-0.2, -0.15) is 4.31 Å². The standard InChI is InChI=1S/C50H61FN4O8SSi/c1-37(2)33-34-54(64(60,61)43-31-29-41(30-32-43)55(58)59)42(36-63-65(50(3,4)5,44-23-15-9-16-24-44)45-25-17-10-18-26-45)28-27-40(51)35-52-48(56)47(53-49(57)62-6)46(38-19-11-7-12-20-38)39-21-13-8-14-22-39/h7-26,29-32,37,40,42,46-47H,27-28,33-36H2,1-6H3,(H,52,56)(H,53,57)/t40?,42-,47-/m0/s1. The molecule has 0 radical (unpaired) electrons. The van der Waals surface area contributed by atoms with E-state index < -0.39 is 71.0 Å². The Morgan fingerprint density at radius 3 is 1.71 bits per heavy atom. The van der Waals surface area contributed by atoms with Crippen molar-refractivity contribution in [2.75, 3.05) is 26.8 Å². The number of benzene rings is 5. The summed E-state index contributed by atoms with van der Waals surface area (Å²) < 4.78 is 59.6. The highest BCUT2D eigenvalue weighted by Gasteiger charge is 2.51. The summed E-state index contributed by atoms with van der Waals surface area (Å²) in [7, 11) is -6.37. The molecule has 2 amide bonds. The number of alkyl halides is 1. The molecular formula is C50H61FN4O8SSi.